The van der Waals surface area contributed by atoms with E-state index in [0.717, 1.165) is 19.3 Å². The fourth-order valence-electron chi connectivity index (χ4n) is 2.28. The molecule has 2 amide bonds. The number of likely N-dealkylation sites (N-methyl/N-ethyl adjacent to an activating group) is 1. The summed E-state index contributed by atoms with van der Waals surface area (Å²) in [6, 6.07) is 0.117. The molecule has 1 aliphatic carbocycles. The van der Waals surface area contributed by atoms with Gasteiger partial charge in [-0.25, -0.2) is 0 Å². The highest BCUT2D eigenvalue weighted by molar-refractivity contribution is 5.85. The standard InChI is InChI=1S/C12H23N3O2/c1-3-14-11(16)7-15-12(17)10-6-9(13)5-4-8(10)2/h8-10H,3-7,13H2,1-2H3,(H,14,16)(H,15,17). The SMILES string of the molecule is CCNC(=O)CNC(=O)C1CC(N)CCC1C. The van der Waals surface area contributed by atoms with Crippen LogP contribution >= 0.6 is 0 Å². The summed E-state index contributed by atoms with van der Waals surface area (Å²) in [7, 11) is 0. The van der Waals surface area contributed by atoms with E-state index in [2.05, 4.69) is 17.6 Å². The van der Waals surface area contributed by atoms with Crippen LogP contribution in [-0.4, -0.2) is 30.9 Å². The Bertz CT molecular complexity index is 281. The maximum absolute atomic E-state index is 11.9. The largest absolute Gasteiger partial charge is 0.355 e. The van der Waals surface area contributed by atoms with Crippen molar-refractivity contribution in [3.05, 3.63) is 0 Å². The second kappa shape index (κ2) is 6.59. The molecule has 5 heteroatoms. The van der Waals surface area contributed by atoms with Crippen molar-refractivity contribution in [3.8, 4) is 0 Å². The average Bonchev–Trinajstić information content (AvgIpc) is 2.29. The van der Waals surface area contributed by atoms with Crippen molar-refractivity contribution in [3.63, 3.8) is 0 Å². The summed E-state index contributed by atoms with van der Waals surface area (Å²) in [4.78, 5) is 23.1. The Labute approximate surface area is 103 Å². The molecule has 17 heavy (non-hydrogen) atoms. The first-order chi connectivity index (χ1) is 8.04. The van der Waals surface area contributed by atoms with Crippen LogP contribution in [0.5, 0.6) is 0 Å². The first-order valence-electron chi connectivity index (χ1n) is 6.34. The zero-order chi connectivity index (χ0) is 12.8. The Balaban J connectivity index is 2.38. The zero-order valence-corrected chi connectivity index (χ0v) is 10.7. The van der Waals surface area contributed by atoms with Crippen LogP contribution in [0.4, 0.5) is 0 Å². The molecule has 3 unspecified atom stereocenters. The van der Waals surface area contributed by atoms with Gasteiger partial charge in [0.2, 0.25) is 11.8 Å². The lowest BCUT2D eigenvalue weighted by Gasteiger charge is -2.31. The fraction of sp³-hybridized carbons (Fsp3) is 0.833. The Morgan fingerprint density at radius 2 is 2.00 bits per heavy atom. The molecule has 0 radical (unpaired) electrons. The van der Waals surface area contributed by atoms with Gasteiger partial charge in [-0.1, -0.05) is 6.92 Å². The molecule has 5 nitrogen and oxygen atoms in total. The molecular weight excluding hydrogens is 218 g/mol. The fourth-order valence-corrected chi connectivity index (χ4v) is 2.28. The molecule has 1 saturated carbocycles. The highest BCUT2D eigenvalue weighted by Crippen LogP contribution is 2.28. The van der Waals surface area contributed by atoms with E-state index in [4.69, 9.17) is 5.73 Å². The first kappa shape index (κ1) is 14.0. The molecule has 4 N–H and O–H groups in total. The van der Waals surface area contributed by atoms with Crippen LogP contribution < -0.4 is 16.4 Å². The van der Waals surface area contributed by atoms with Crippen LogP contribution in [-0.2, 0) is 9.59 Å². The molecule has 0 aliphatic heterocycles. The summed E-state index contributed by atoms with van der Waals surface area (Å²) >= 11 is 0. The Hall–Kier alpha value is -1.10. The first-order valence-corrected chi connectivity index (χ1v) is 6.34. The van der Waals surface area contributed by atoms with E-state index in [0.29, 0.717) is 12.5 Å². The van der Waals surface area contributed by atoms with Gasteiger partial charge in [-0.2, -0.15) is 0 Å². The number of carbonyl (C=O) groups excluding carboxylic acids is 2. The molecule has 1 aliphatic rings. The van der Waals surface area contributed by atoms with Gasteiger partial charge in [0.15, 0.2) is 0 Å². The van der Waals surface area contributed by atoms with Gasteiger partial charge >= 0.3 is 0 Å². The third kappa shape index (κ3) is 4.34. The minimum atomic E-state index is -0.145. The summed E-state index contributed by atoms with van der Waals surface area (Å²) in [5.74, 6) is 0.115. The van der Waals surface area contributed by atoms with Crippen LogP contribution in [0.2, 0.25) is 0 Å². The lowest BCUT2D eigenvalue weighted by atomic mass is 9.78. The van der Waals surface area contributed by atoms with Crippen LogP contribution in [0.15, 0.2) is 0 Å². The summed E-state index contributed by atoms with van der Waals surface area (Å²) in [6.45, 7) is 4.56. The van der Waals surface area contributed by atoms with Gasteiger partial charge in [0, 0.05) is 18.5 Å². The van der Waals surface area contributed by atoms with Crippen LogP contribution in [0.1, 0.15) is 33.1 Å². The average molecular weight is 241 g/mol. The number of rotatable bonds is 4. The molecule has 0 aromatic rings. The molecular formula is C12H23N3O2. The van der Waals surface area contributed by atoms with Crippen LogP contribution in [0.3, 0.4) is 0 Å². The van der Waals surface area contributed by atoms with Crippen LogP contribution in [0.25, 0.3) is 0 Å². The number of hydrogen-bond acceptors (Lipinski definition) is 3. The van der Waals surface area contributed by atoms with Crippen molar-refractivity contribution in [1.82, 2.24) is 10.6 Å². The second-order valence-electron chi connectivity index (χ2n) is 4.83. The summed E-state index contributed by atoms with van der Waals surface area (Å²) in [5, 5.41) is 5.33. The number of nitrogens with two attached hydrogens (primary N) is 1. The predicted molar refractivity (Wildman–Crippen MR) is 66.2 cm³/mol. The Morgan fingerprint density at radius 1 is 1.29 bits per heavy atom. The minimum Gasteiger partial charge on any atom is -0.355 e. The van der Waals surface area contributed by atoms with E-state index >= 15 is 0 Å². The van der Waals surface area contributed by atoms with E-state index in [1.54, 1.807) is 0 Å². The maximum Gasteiger partial charge on any atom is 0.239 e. The summed E-state index contributed by atoms with van der Waals surface area (Å²) in [6.07, 6.45) is 2.70. The maximum atomic E-state index is 11.9. The molecule has 0 heterocycles. The van der Waals surface area contributed by atoms with E-state index in [9.17, 15) is 9.59 Å². The smallest absolute Gasteiger partial charge is 0.239 e. The van der Waals surface area contributed by atoms with Crippen molar-refractivity contribution in [2.24, 2.45) is 17.6 Å². The van der Waals surface area contributed by atoms with Crippen LogP contribution in [0, 0.1) is 11.8 Å². The number of hydrogen-bond donors (Lipinski definition) is 3. The zero-order valence-electron chi connectivity index (χ0n) is 10.7. The quantitative estimate of drug-likeness (QED) is 0.648. The normalized spacial score (nSPS) is 28.5. The third-order valence-corrected chi connectivity index (χ3v) is 3.37. The monoisotopic (exact) mass is 241 g/mol. The predicted octanol–water partition coefficient (Wildman–Crippen LogP) is 0.00220. The van der Waals surface area contributed by atoms with E-state index in [1.807, 2.05) is 6.92 Å². The van der Waals surface area contributed by atoms with Gasteiger partial charge in [-0.05, 0) is 32.1 Å². The second-order valence-corrected chi connectivity index (χ2v) is 4.83. The number of amides is 2. The van der Waals surface area contributed by atoms with Gasteiger partial charge in [0.1, 0.15) is 0 Å². The number of nitrogens with one attached hydrogen (secondary N) is 2. The van der Waals surface area contributed by atoms with Gasteiger partial charge < -0.3 is 16.4 Å². The number of carbonyl (C=O) groups is 2. The molecule has 1 fully saturated rings. The van der Waals surface area contributed by atoms with Gasteiger partial charge in [0.05, 0.1) is 6.54 Å². The lowest BCUT2D eigenvalue weighted by molar-refractivity contribution is -0.130. The molecule has 1 rings (SSSR count). The van der Waals surface area contributed by atoms with Crippen molar-refractivity contribution < 1.29 is 9.59 Å². The summed E-state index contributed by atoms with van der Waals surface area (Å²) < 4.78 is 0. The third-order valence-electron chi connectivity index (χ3n) is 3.37. The van der Waals surface area contributed by atoms with Crippen molar-refractivity contribution in [1.29, 1.82) is 0 Å². The van der Waals surface area contributed by atoms with Gasteiger partial charge in [-0.3, -0.25) is 9.59 Å². The van der Waals surface area contributed by atoms with Crippen molar-refractivity contribution in [2.45, 2.75) is 39.2 Å². The van der Waals surface area contributed by atoms with E-state index in [-0.39, 0.29) is 30.3 Å². The van der Waals surface area contributed by atoms with E-state index < -0.39 is 0 Å². The molecule has 0 aromatic heterocycles. The minimum absolute atomic E-state index is 0.0427. The molecule has 0 saturated heterocycles. The van der Waals surface area contributed by atoms with Gasteiger partial charge in [-0.15, -0.1) is 0 Å². The molecule has 0 bridgehead atoms. The highest BCUT2D eigenvalue weighted by atomic mass is 16.2. The topological polar surface area (TPSA) is 84.2 Å². The van der Waals surface area contributed by atoms with E-state index in [1.165, 1.54) is 0 Å². The Kier molecular flexibility index (Phi) is 5.41. The Morgan fingerprint density at radius 3 is 2.65 bits per heavy atom. The molecule has 98 valence electrons. The lowest BCUT2D eigenvalue weighted by Crippen LogP contribution is -2.44. The van der Waals surface area contributed by atoms with Gasteiger partial charge in [0.25, 0.3) is 0 Å². The van der Waals surface area contributed by atoms with Crippen molar-refractivity contribution >= 4 is 11.8 Å². The molecule has 0 aromatic carbocycles. The molecule has 3 atom stereocenters. The summed E-state index contributed by atoms with van der Waals surface area (Å²) in [5.41, 5.74) is 5.87. The van der Waals surface area contributed by atoms with Crippen molar-refractivity contribution in [2.75, 3.05) is 13.1 Å². The highest BCUT2D eigenvalue weighted by Gasteiger charge is 2.31. The molecule has 0 spiro atoms.